The van der Waals surface area contributed by atoms with Crippen LogP contribution in [0.25, 0.3) is 10.9 Å². The van der Waals surface area contributed by atoms with Crippen LogP contribution in [-0.4, -0.2) is 27.8 Å². The topological polar surface area (TPSA) is 103 Å². The highest BCUT2D eigenvalue weighted by atomic mass is 16.7. The van der Waals surface area contributed by atoms with Gasteiger partial charge in [0.15, 0.2) is 0 Å². The van der Waals surface area contributed by atoms with E-state index >= 15 is 0 Å². The van der Waals surface area contributed by atoms with E-state index in [9.17, 15) is 19.6 Å². The lowest BCUT2D eigenvalue weighted by atomic mass is 10.1. The number of nitriles is 1. The minimum atomic E-state index is -0.900. The molecule has 0 aliphatic carbocycles. The van der Waals surface area contributed by atoms with Crippen molar-refractivity contribution in [2.24, 2.45) is 0 Å². The maximum atomic E-state index is 12.5. The number of amides is 2. The third-order valence-electron chi connectivity index (χ3n) is 3.98. The third-order valence-corrected chi connectivity index (χ3v) is 3.98. The number of aromatic nitrogens is 1. The average molecular weight is 331 g/mol. The average Bonchev–Trinajstić information content (AvgIpc) is 3.17. The number of imide groups is 1. The Morgan fingerprint density at radius 2 is 1.72 bits per heavy atom. The normalized spacial score (nSPS) is 13.0. The van der Waals surface area contributed by atoms with E-state index in [0.717, 1.165) is 0 Å². The quantitative estimate of drug-likeness (QED) is 0.726. The predicted molar refractivity (Wildman–Crippen MR) is 85.4 cm³/mol. The van der Waals surface area contributed by atoms with E-state index in [4.69, 9.17) is 4.84 Å². The van der Waals surface area contributed by atoms with E-state index < -0.39 is 17.8 Å². The van der Waals surface area contributed by atoms with Crippen molar-refractivity contribution < 1.29 is 19.2 Å². The lowest BCUT2D eigenvalue weighted by Crippen LogP contribution is -2.32. The molecule has 0 saturated carbocycles. The smallest absolute Gasteiger partial charge is 0.360 e. The number of H-pyrrole nitrogens is 1. The Morgan fingerprint density at radius 1 is 1.04 bits per heavy atom. The highest BCUT2D eigenvalue weighted by Crippen LogP contribution is 2.26. The van der Waals surface area contributed by atoms with Gasteiger partial charge in [0.2, 0.25) is 0 Å². The number of aromatic amines is 1. The zero-order valence-corrected chi connectivity index (χ0v) is 12.6. The van der Waals surface area contributed by atoms with Crippen molar-refractivity contribution in [3.05, 3.63) is 70.9 Å². The molecular weight excluding hydrogens is 322 g/mol. The van der Waals surface area contributed by atoms with Crippen LogP contribution in [-0.2, 0) is 4.84 Å². The molecule has 2 aromatic carbocycles. The number of hydrogen-bond acceptors (Lipinski definition) is 5. The first-order valence-electron chi connectivity index (χ1n) is 7.32. The van der Waals surface area contributed by atoms with Crippen LogP contribution in [0.1, 0.15) is 36.6 Å². The number of fused-ring (bicyclic) bond motifs is 2. The summed E-state index contributed by atoms with van der Waals surface area (Å²) in [5.74, 6) is -2.30. The number of hydrogen-bond donors (Lipinski definition) is 1. The number of hydroxylamine groups is 2. The number of nitrogens with one attached hydrogen (secondary N) is 1. The van der Waals surface area contributed by atoms with E-state index in [2.05, 4.69) is 4.98 Å². The molecule has 0 atom stereocenters. The number of nitrogens with zero attached hydrogens (tertiary/aromatic N) is 2. The van der Waals surface area contributed by atoms with Gasteiger partial charge in [0.1, 0.15) is 0 Å². The Morgan fingerprint density at radius 3 is 2.36 bits per heavy atom. The molecule has 120 valence electrons. The highest BCUT2D eigenvalue weighted by Gasteiger charge is 2.39. The molecule has 3 aromatic rings. The second kappa shape index (κ2) is 5.32. The van der Waals surface area contributed by atoms with Crippen molar-refractivity contribution in [1.29, 1.82) is 5.26 Å². The Hall–Kier alpha value is -3.92. The summed E-state index contributed by atoms with van der Waals surface area (Å²) in [7, 11) is 0. The predicted octanol–water partition coefficient (Wildman–Crippen LogP) is 2.41. The highest BCUT2D eigenvalue weighted by molar-refractivity contribution is 6.21. The maximum Gasteiger partial charge on any atom is 0.366 e. The molecule has 7 nitrogen and oxygen atoms in total. The number of carbonyl (C=O) groups is 3. The second-order valence-electron chi connectivity index (χ2n) is 5.37. The van der Waals surface area contributed by atoms with Crippen LogP contribution in [0, 0.1) is 11.3 Å². The molecule has 0 bridgehead atoms. The van der Waals surface area contributed by atoms with Crippen LogP contribution in [0.4, 0.5) is 0 Å². The van der Waals surface area contributed by atoms with Gasteiger partial charge in [0.05, 0.1) is 28.3 Å². The molecule has 1 aliphatic heterocycles. The Balaban J connectivity index is 1.70. The molecule has 0 fully saturated rings. The fraction of sp³-hybridized carbons (Fsp3) is 0. The molecule has 2 heterocycles. The van der Waals surface area contributed by atoms with E-state index in [1.807, 2.05) is 6.07 Å². The minimum Gasteiger partial charge on any atom is -0.360 e. The third kappa shape index (κ3) is 2.09. The fourth-order valence-electron chi connectivity index (χ4n) is 2.82. The van der Waals surface area contributed by atoms with Crippen LogP contribution in [0.15, 0.2) is 48.7 Å². The van der Waals surface area contributed by atoms with Gasteiger partial charge < -0.3 is 9.82 Å². The summed E-state index contributed by atoms with van der Waals surface area (Å²) in [6, 6.07) is 13.2. The molecular formula is C18H9N3O4. The molecule has 0 unspecified atom stereocenters. The first kappa shape index (κ1) is 14.7. The van der Waals surface area contributed by atoms with Crippen molar-refractivity contribution in [1.82, 2.24) is 10.0 Å². The second-order valence-corrected chi connectivity index (χ2v) is 5.37. The van der Waals surface area contributed by atoms with Gasteiger partial charge in [0, 0.05) is 17.1 Å². The minimum absolute atomic E-state index is 0.0729. The molecule has 25 heavy (non-hydrogen) atoms. The molecule has 7 heteroatoms. The van der Waals surface area contributed by atoms with Gasteiger partial charge in [-0.25, -0.2) is 4.79 Å². The van der Waals surface area contributed by atoms with Gasteiger partial charge in [-0.15, -0.1) is 0 Å². The summed E-state index contributed by atoms with van der Waals surface area (Å²) >= 11 is 0. The monoisotopic (exact) mass is 331 g/mol. The lowest BCUT2D eigenvalue weighted by Gasteiger charge is -2.12. The van der Waals surface area contributed by atoms with Crippen molar-refractivity contribution >= 4 is 28.7 Å². The first-order chi connectivity index (χ1) is 12.1. The fourth-order valence-corrected chi connectivity index (χ4v) is 2.82. The van der Waals surface area contributed by atoms with E-state index in [0.29, 0.717) is 16.0 Å². The van der Waals surface area contributed by atoms with Gasteiger partial charge in [-0.1, -0.05) is 23.3 Å². The summed E-state index contributed by atoms with van der Waals surface area (Å²) < 4.78 is 0. The molecule has 1 aliphatic rings. The van der Waals surface area contributed by atoms with Crippen LogP contribution in [0.2, 0.25) is 0 Å². The van der Waals surface area contributed by atoms with Gasteiger partial charge in [-0.2, -0.15) is 5.26 Å². The molecule has 0 spiro atoms. The molecule has 1 N–H and O–H groups in total. The number of rotatable bonds is 2. The van der Waals surface area contributed by atoms with Crippen molar-refractivity contribution in [2.45, 2.75) is 0 Å². The Labute approximate surface area is 141 Å². The van der Waals surface area contributed by atoms with Crippen LogP contribution >= 0.6 is 0 Å². The summed E-state index contributed by atoms with van der Waals surface area (Å²) in [5, 5.41) is 10.0. The van der Waals surface area contributed by atoms with Gasteiger partial charge >= 0.3 is 5.97 Å². The van der Waals surface area contributed by atoms with Crippen LogP contribution < -0.4 is 0 Å². The van der Waals surface area contributed by atoms with E-state index in [-0.39, 0.29) is 22.3 Å². The SMILES string of the molecule is N#Cc1cccc2[nH]cc(C(=O)ON3C(=O)c4ccccc4C3=O)c12. The Bertz CT molecular complexity index is 1070. The van der Waals surface area contributed by atoms with Gasteiger partial charge in [0.25, 0.3) is 11.8 Å². The summed E-state index contributed by atoms with van der Waals surface area (Å²) in [6.45, 7) is 0. The van der Waals surface area contributed by atoms with Gasteiger partial charge in [-0.3, -0.25) is 9.59 Å². The largest absolute Gasteiger partial charge is 0.366 e. The standard InChI is InChI=1S/C18H9N3O4/c19-8-10-4-3-7-14-15(10)13(9-20-14)18(24)25-21-16(22)11-5-1-2-6-12(11)17(21)23/h1-7,9,20H. The maximum absolute atomic E-state index is 12.5. The first-order valence-corrected chi connectivity index (χ1v) is 7.32. The van der Waals surface area contributed by atoms with Gasteiger partial charge in [-0.05, 0) is 24.3 Å². The summed E-state index contributed by atoms with van der Waals surface area (Å²) in [5.41, 5.74) is 1.29. The molecule has 1 aromatic heterocycles. The molecule has 2 amide bonds. The summed E-state index contributed by atoms with van der Waals surface area (Å²) in [4.78, 5) is 44.9. The zero-order valence-electron chi connectivity index (χ0n) is 12.6. The molecule has 4 rings (SSSR count). The van der Waals surface area contributed by atoms with Crippen molar-refractivity contribution in [2.75, 3.05) is 0 Å². The van der Waals surface area contributed by atoms with Crippen LogP contribution in [0.3, 0.4) is 0 Å². The Kier molecular flexibility index (Phi) is 3.12. The van der Waals surface area contributed by atoms with Crippen molar-refractivity contribution in [3.8, 4) is 6.07 Å². The molecule has 0 saturated heterocycles. The van der Waals surface area contributed by atoms with Crippen molar-refractivity contribution in [3.63, 3.8) is 0 Å². The number of benzene rings is 2. The van der Waals surface area contributed by atoms with E-state index in [1.165, 1.54) is 18.3 Å². The zero-order chi connectivity index (χ0) is 17.6. The van der Waals surface area contributed by atoms with E-state index in [1.54, 1.807) is 30.3 Å². The number of carbonyl (C=O) groups excluding carboxylic acids is 3. The van der Waals surface area contributed by atoms with Crippen LogP contribution in [0.5, 0.6) is 0 Å². The summed E-state index contributed by atoms with van der Waals surface area (Å²) in [6.07, 6.45) is 1.38. The molecule has 0 radical (unpaired) electrons. The lowest BCUT2D eigenvalue weighted by molar-refractivity contribution is -0.0583.